The molecule has 1 nitrogen and oxygen atoms in total. The third kappa shape index (κ3) is 3.90. The smallest absolute Gasteiger partial charge is 0.388 e. The van der Waals surface area contributed by atoms with Crippen molar-refractivity contribution in [3.05, 3.63) is 34.9 Å². The predicted octanol–water partition coefficient (Wildman–Crippen LogP) is 4.00. The van der Waals surface area contributed by atoms with Crippen LogP contribution in [0.1, 0.15) is 29.2 Å². The molecule has 0 amide bonds. The number of alkyl halides is 6. The Bertz CT molecular complexity index is 421. The summed E-state index contributed by atoms with van der Waals surface area (Å²) in [7, 11) is 0. The molecule has 0 heterocycles. The zero-order valence-corrected chi connectivity index (χ0v) is 9.23. The van der Waals surface area contributed by atoms with Gasteiger partial charge < -0.3 is 5.11 Å². The fourth-order valence-electron chi connectivity index (χ4n) is 1.50. The van der Waals surface area contributed by atoms with E-state index in [1.54, 1.807) is 0 Å². The Morgan fingerprint density at radius 2 is 1.67 bits per heavy atom. The average molecular weight is 272 g/mol. The summed E-state index contributed by atoms with van der Waals surface area (Å²) >= 11 is 0. The molecule has 0 saturated heterocycles. The van der Waals surface area contributed by atoms with Crippen LogP contribution in [0.4, 0.5) is 26.3 Å². The first kappa shape index (κ1) is 14.8. The van der Waals surface area contributed by atoms with Crippen LogP contribution in [0.15, 0.2) is 18.2 Å². The third-order valence-electron chi connectivity index (χ3n) is 2.39. The SMILES string of the molecule is Cc1ccc(C(F)(F)F)cc1C(O)CC(F)(F)F. The summed E-state index contributed by atoms with van der Waals surface area (Å²) in [6.45, 7) is 1.34. The molecule has 18 heavy (non-hydrogen) atoms. The summed E-state index contributed by atoms with van der Waals surface area (Å²) in [4.78, 5) is 0. The van der Waals surface area contributed by atoms with Crippen LogP contribution in [0.25, 0.3) is 0 Å². The van der Waals surface area contributed by atoms with Gasteiger partial charge in [0.15, 0.2) is 0 Å². The maximum atomic E-state index is 12.4. The van der Waals surface area contributed by atoms with Gasteiger partial charge in [0.05, 0.1) is 18.1 Å². The summed E-state index contributed by atoms with van der Waals surface area (Å²) < 4.78 is 73.4. The Kier molecular flexibility index (Phi) is 3.95. The number of aliphatic hydroxyl groups excluding tert-OH is 1. The Balaban J connectivity index is 3.08. The van der Waals surface area contributed by atoms with Gasteiger partial charge in [-0.3, -0.25) is 0 Å². The van der Waals surface area contributed by atoms with Crippen molar-refractivity contribution in [2.24, 2.45) is 0 Å². The van der Waals surface area contributed by atoms with E-state index in [-0.39, 0.29) is 11.1 Å². The van der Waals surface area contributed by atoms with Crippen LogP contribution in [-0.4, -0.2) is 11.3 Å². The Hall–Kier alpha value is -1.24. The molecule has 0 aliphatic rings. The van der Waals surface area contributed by atoms with Crippen LogP contribution in [0.2, 0.25) is 0 Å². The molecule has 0 spiro atoms. The van der Waals surface area contributed by atoms with Crippen molar-refractivity contribution >= 4 is 0 Å². The molecule has 7 heteroatoms. The molecule has 1 aromatic rings. The van der Waals surface area contributed by atoms with Gasteiger partial charge in [0, 0.05) is 0 Å². The van der Waals surface area contributed by atoms with Crippen molar-refractivity contribution in [2.75, 3.05) is 0 Å². The number of halogens is 6. The Labute approximate surface area is 99.0 Å². The molecule has 0 fully saturated rings. The van der Waals surface area contributed by atoms with E-state index < -0.39 is 30.4 Å². The number of benzene rings is 1. The number of rotatable bonds is 2. The lowest BCUT2D eigenvalue weighted by Gasteiger charge is -2.17. The van der Waals surface area contributed by atoms with Gasteiger partial charge in [-0.15, -0.1) is 0 Å². The van der Waals surface area contributed by atoms with Gasteiger partial charge in [0.25, 0.3) is 0 Å². The van der Waals surface area contributed by atoms with Crippen LogP contribution in [0.3, 0.4) is 0 Å². The Morgan fingerprint density at radius 1 is 1.11 bits per heavy atom. The largest absolute Gasteiger partial charge is 0.416 e. The highest BCUT2D eigenvalue weighted by atomic mass is 19.4. The van der Waals surface area contributed by atoms with Crippen LogP contribution in [-0.2, 0) is 6.18 Å². The molecule has 102 valence electrons. The van der Waals surface area contributed by atoms with E-state index in [1.165, 1.54) is 6.92 Å². The molecule has 0 aromatic heterocycles. The van der Waals surface area contributed by atoms with E-state index in [2.05, 4.69) is 0 Å². The molecule has 1 aromatic carbocycles. The highest BCUT2D eigenvalue weighted by molar-refractivity contribution is 5.34. The van der Waals surface area contributed by atoms with Crippen molar-refractivity contribution in [3.8, 4) is 0 Å². The number of hydrogen-bond donors (Lipinski definition) is 1. The van der Waals surface area contributed by atoms with Crippen molar-refractivity contribution in [3.63, 3.8) is 0 Å². The van der Waals surface area contributed by atoms with E-state index in [0.29, 0.717) is 6.07 Å². The third-order valence-corrected chi connectivity index (χ3v) is 2.39. The minimum absolute atomic E-state index is 0.180. The van der Waals surface area contributed by atoms with Crippen molar-refractivity contribution < 1.29 is 31.4 Å². The standard InChI is InChI=1S/C11H10F6O/c1-6-2-3-7(11(15,16)17)4-8(6)9(18)5-10(12,13)14/h2-4,9,18H,5H2,1H3. The summed E-state index contributed by atoms with van der Waals surface area (Å²) in [6.07, 6.45) is -12.9. The van der Waals surface area contributed by atoms with Crippen molar-refractivity contribution in [1.29, 1.82) is 0 Å². The number of aliphatic hydroxyl groups is 1. The van der Waals surface area contributed by atoms with Crippen LogP contribution in [0.5, 0.6) is 0 Å². The lowest BCUT2D eigenvalue weighted by atomic mass is 9.98. The van der Waals surface area contributed by atoms with Gasteiger partial charge in [-0.25, -0.2) is 0 Å². The number of hydrogen-bond acceptors (Lipinski definition) is 1. The molecule has 0 aliphatic carbocycles. The Morgan fingerprint density at radius 3 is 2.11 bits per heavy atom. The normalized spacial score (nSPS) is 14.7. The first-order chi connectivity index (χ1) is 8.00. The topological polar surface area (TPSA) is 20.2 Å². The van der Waals surface area contributed by atoms with Gasteiger partial charge in [0.2, 0.25) is 0 Å². The van der Waals surface area contributed by atoms with E-state index >= 15 is 0 Å². The summed E-state index contributed by atoms with van der Waals surface area (Å²) in [6, 6.07) is 2.35. The second kappa shape index (κ2) is 4.79. The monoisotopic (exact) mass is 272 g/mol. The summed E-state index contributed by atoms with van der Waals surface area (Å²) in [5.74, 6) is 0. The molecular formula is C11H10F6O. The fraction of sp³-hybridized carbons (Fsp3) is 0.455. The van der Waals surface area contributed by atoms with Crippen molar-refractivity contribution in [1.82, 2.24) is 0 Å². The molecular weight excluding hydrogens is 262 g/mol. The highest BCUT2D eigenvalue weighted by Crippen LogP contribution is 2.35. The molecule has 0 radical (unpaired) electrons. The quantitative estimate of drug-likeness (QED) is 0.807. The number of aryl methyl sites for hydroxylation is 1. The fourth-order valence-corrected chi connectivity index (χ4v) is 1.50. The molecule has 0 aliphatic heterocycles. The second-order valence-electron chi connectivity index (χ2n) is 3.90. The van der Waals surface area contributed by atoms with Gasteiger partial charge in [0.1, 0.15) is 0 Å². The van der Waals surface area contributed by atoms with Gasteiger partial charge in [-0.05, 0) is 30.2 Å². The zero-order valence-electron chi connectivity index (χ0n) is 9.23. The average Bonchev–Trinajstić information content (AvgIpc) is 2.13. The zero-order chi connectivity index (χ0) is 14.1. The molecule has 1 N–H and O–H groups in total. The molecule has 1 unspecified atom stereocenters. The lowest BCUT2D eigenvalue weighted by Crippen LogP contribution is -2.15. The van der Waals surface area contributed by atoms with Crippen LogP contribution in [0, 0.1) is 6.92 Å². The lowest BCUT2D eigenvalue weighted by molar-refractivity contribution is -0.154. The van der Waals surface area contributed by atoms with Crippen LogP contribution < -0.4 is 0 Å². The minimum atomic E-state index is -4.65. The van der Waals surface area contributed by atoms with E-state index in [0.717, 1.165) is 12.1 Å². The minimum Gasteiger partial charge on any atom is -0.388 e. The summed E-state index contributed by atoms with van der Waals surface area (Å²) in [5, 5.41) is 9.34. The van der Waals surface area contributed by atoms with Crippen molar-refractivity contribution in [2.45, 2.75) is 31.8 Å². The second-order valence-corrected chi connectivity index (χ2v) is 3.90. The van der Waals surface area contributed by atoms with Crippen LogP contribution >= 0.6 is 0 Å². The molecule has 1 atom stereocenters. The predicted molar refractivity (Wildman–Crippen MR) is 51.8 cm³/mol. The first-order valence-corrected chi connectivity index (χ1v) is 4.93. The van der Waals surface area contributed by atoms with Gasteiger partial charge in [-0.2, -0.15) is 26.3 Å². The van der Waals surface area contributed by atoms with E-state index in [1.807, 2.05) is 0 Å². The van der Waals surface area contributed by atoms with Gasteiger partial charge >= 0.3 is 12.4 Å². The highest BCUT2D eigenvalue weighted by Gasteiger charge is 2.35. The molecule has 0 saturated carbocycles. The first-order valence-electron chi connectivity index (χ1n) is 4.93. The maximum absolute atomic E-state index is 12.4. The van der Waals surface area contributed by atoms with E-state index in [4.69, 9.17) is 0 Å². The molecule has 1 rings (SSSR count). The summed E-state index contributed by atoms with van der Waals surface area (Å²) in [5.41, 5.74) is -1.26. The molecule has 0 bridgehead atoms. The van der Waals surface area contributed by atoms with E-state index in [9.17, 15) is 31.4 Å². The maximum Gasteiger partial charge on any atom is 0.416 e. The van der Waals surface area contributed by atoms with Gasteiger partial charge in [-0.1, -0.05) is 6.07 Å².